The predicted molar refractivity (Wildman–Crippen MR) is 80.5 cm³/mol. The number of hydrogen-bond donors (Lipinski definition) is 1. The van der Waals surface area contributed by atoms with Crippen molar-refractivity contribution in [2.45, 2.75) is 32.7 Å². The quantitative estimate of drug-likeness (QED) is 0.883. The fourth-order valence-corrected chi connectivity index (χ4v) is 2.59. The van der Waals surface area contributed by atoms with Crippen molar-refractivity contribution in [2.75, 3.05) is 0 Å². The van der Waals surface area contributed by atoms with Crippen molar-refractivity contribution in [2.24, 2.45) is 0 Å². The van der Waals surface area contributed by atoms with Crippen LogP contribution >= 0.6 is 11.6 Å². The first-order chi connectivity index (χ1) is 9.97. The Kier molecular flexibility index (Phi) is 4.63. The molecule has 1 heterocycles. The van der Waals surface area contributed by atoms with Gasteiger partial charge in [0, 0.05) is 5.56 Å². The maximum absolute atomic E-state index is 13.9. The predicted octanol–water partition coefficient (Wildman–Crippen LogP) is 2.89. The average Bonchev–Trinajstić information content (AvgIpc) is 2.43. The monoisotopic (exact) mass is 310 g/mol. The Labute approximate surface area is 126 Å². The van der Waals surface area contributed by atoms with Gasteiger partial charge in [0.1, 0.15) is 11.0 Å². The summed E-state index contributed by atoms with van der Waals surface area (Å²) in [4.78, 5) is 27.0. The van der Waals surface area contributed by atoms with Gasteiger partial charge in [0.25, 0.3) is 5.56 Å². The van der Waals surface area contributed by atoms with E-state index in [4.69, 9.17) is 11.6 Å². The minimum absolute atomic E-state index is 0.0591. The molecule has 0 saturated heterocycles. The Balaban J connectivity index is 2.64. The lowest BCUT2D eigenvalue weighted by atomic mass is 10.1. The Morgan fingerprint density at radius 3 is 2.62 bits per heavy atom. The summed E-state index contributed by atoms with van der Waals surface area (Å²) < 4.78 is 14.9. The van der Waals surface area contributed by atoms with Crippen molar-refractivity contribution in [3.05, 3.63) is 67.2 Å². The van der Waals surface area contributed by atoms with Crippen LogP contribution in [0.25, 0.3) is 0 Å². The SMILES string of the molecule is CCCc1c(Cl)[nH]c(=O)n(C(C)c2ccccc2F)c1=O. The molecule has 2 aromatic rings. The summed E-state index contributed by atoms with van der Waals surface area (Å²) in [5.41, 5.74) is -0.473. The average molecular weight is 311 g/mol. The van der Waals surface area contributed by atoms with Crippen LogP contribution in [0.15, 0.2) is 33.9 Å². The highest BCUT2D eigenvalue weighted by Gasteiger charge is 2.19. The lowest BCUT2D eigenvalue weighted by Gasteiger charge is -2.16. The standard InChI is InChI=1S/C15H16ClFN2O2/c1-3-6-11-13(16)18-15(21)19(14(11)20)9(2)10-7-4-5-8-12(10)17/h4-5,7-9H,3,6H2,1-2H3,(H,18,21). The molecular formula is C15H16ClFN2O2. The Morgan fingerprint density at radius 1 is 1.33 bits per heavy atom. The van der Waals surface area contributed by atoms with Crippen LogP contribution in [-0.2, 0) is 6.42 Å². The molecule has 1 atom stereocenters. The van der Waals surface area contributed by atoms with Gasteiger partial charge in [-0.25, -0.2) is 9.18 Å². The zero-order chi connectivity index (χ0) is 15.6. The minimum Gasteiger partial charge on any atom is -0.297 e. The van der Waals surface area contributed by atoms with Crippen LogP contribution in [0.2, 0.25) is 5.15 Å². The van der Waals surface area contributed by atoms with E-state index in [1.807, 2.05) is 6.92 Å². The van der Waals surface area contributed by atoms with Crippen LogP contribution in [0.5, 0.6) is 0 Å². The van der Waals surface area contributed by atoms with E-state index in [0.29, 0.717) is 12.0 Å². The van der Waals surface area contributed by atoms with Crippen molar-refractivity contribution < 1.29 is 4.39 Å². The number of halogens is 2. The summed E-state index contributed by atoms with van der Waals surface area (Å²) in [6.07, 6.45) is 1.17. The molecule has 1 N–H and O–H groups in total. The molecule has 2 rings (SSSR count). The van der Waals surface area contributed by atoms with Gasteiger partial charge in [0.2, 0.25) is 0 Å². The van der Waals surface area contributed by atoms with Crippen molar-refractivity contribution in [3.8, 4) is 0 Å². The molecule has 112 valence electrons. The normalized spacial score (nSPS) is 12.4. The van der Waals surface area contributed by atoms with Crippen LogP contribution < -0.4 is 11.2 Å². The molecule has 0 aliphatic rings. The molecule has 0 aliphatic carbocycles. The fraction of sp³-hybridized carbons (Fsp3) is 0.333. The first-order valence-electron chi connectivity index (χ1n) is 6.75. The summed E-state index contributed by atoms with van der Waals surface area (Å²) in [7, 11) is 0. The van der Waals surface area contributed by atoms with Crippen molar-refractivity contribution in [1.82, 2.24) is 9.55 Å². The van der Waals surface area contributed by atoms with Gasteiger partial charge in [-0.2, -0.15) is 0 Å². The molecule has 0 spiro atoms. The van der Waals surface area contributed by atoms with Crippen LogP contribution in [0.3, 0.4) is 0 Å². The van der Waals surface area contributed by atoms with E-state index in [9.17, 15) is 14.0 Å². The van der Waals surface area contributed by atoms with E-state index in [1.165, 1.54) is 6.07 Å². The third kappa shape index (κ3) is 2.93. The molecule has 21 heavy (non-hydrogen) atoms. The number of aromatic nitrogens is 2. The van der Waals surface area contributed by atoms with E-state index in [0.717, 1.165) is 11.0 Å². The second kappa shape index (κ2) is 6.26. The second-order valence-corrected chi connectivity index (χ2v) is 5.22. The summed E-state index contributed by atoms with van der Waals surface area (Å²) in [6.45, 7) is 3.52. The Bertz CT molecular complexity index is 767. The number of benzene rings is 1. The molecule has 0 amide bonds. The summed E-state index contributed by atoms with van der Waals surface area (Å²) in [5, 5.41) is 0.0591. The number of H-pyrrole nitrogens is 1. The molecule has 0 radical (unpaired) electrons. The number of aromatic amines is 1. The highest BCUT2D eigenvalue weighted by molar-refractivity contribution is 6.30. The molecule has 1 aromatic carbocycles. The summed E-state index contributed by atoms with van der Waals surface area (Å²) >= 11 is 5.92. The molecule has 0 fully saturated rings. The number of nitrogens with zero attached hydrogens (tertiary/aromatic N) is 1. The Morgan fingerprint density at radius 2 is 2.00 bits per heavy atom. The van der Waals surface area contributed by atoms with Crippen LogP contribution in [0, 0.1) is 5.82 Å². The molecule has 1 aromatic heterocycles. The smallest absolute Gasteiger partial charge is 0.297 e. The van der Waals surface area contributed by atoms with Crippen molar-refractivity contribution in [3.63, 3.8) is 0 Å². The molecule has 6 heteroatoms. The van der Waals surface area contributed by atoms with Gasteiger partial charge in [0.05, 0.1) is 11.6 Å². The van der Waals surface area contributed by atoms with Gasteiger partial charge >= 0.3 is 5.69 Å². The summed E-state index contributed by atoms with van der Waals surface area (Å²) in [6, 6.07) is 5.36. The van der Waals surface area contributed by atoms with Crippen LogP contribution in [-0.4, -0.2) is 9.55 Å². The number of hydrogen-bond acceptors (Lipinski definition) is 2. The lowest BCUT2D eigenvalue weighted by Crippen LogP contribution is -2.39. The van der Waals surface area contributed by atoms with Gasteiger partial charge in [-0.1, -0.05) is 43.1 Å². The maximum Gasteiger partial charge on any atom is 0.330 e. The third-order valence-corrected chi connectivity index (χ3v) is 3.74. The van der Waals surface area contributed by atoms with Gasteiger partial charge in [-0.05, 0) is 19.4 Å². The Hall–Kier alpha value is -1.88. The molecule has 0 bridgehead atoms. The fourth-order valence-electron chi connectivity index (χ4n) is 2.33. The van der Waals surface area contributed by atoms with Crippen molar-refractivity contribution in [1.29, 1.82) is 0 Å². The number of rotatable bonds is 4. The van der Waals surface area contributed by atoms with Gasteiger partial charge in [0.15, 0.2) is 0 Å². The van der Waals surface area contributed by atoms with E-state index in [1.54, 1.807) is 25.1 Å². The van der Waals surface area contributed by atoms with Crippen LogP contribution in [0.1, 0.15) is 37.4 Å². The van der Waals surface area contributed by atoms with Gasteiger partial charge in [-0.15, -0.1) is 0 Å². The molecule has 4 nitrogen and oxygen atoms in total. The highest BCUT2D eigenvalue weighted by atomic mass is 35.5. The van der Waals surface area contributed by atoms with E-state index in [2.05, 4.69) is 4.98 Å². The van der Waals surface area contributed by atoms with Gasteiger partial charge < -0.3 is 0 Å². The second-order valence-electron chi connectivity index (χ2n) is 4.85. The lowest BCUT2D eigenvalue weighted by molar-refractivity contribution is 0.526. The maximum atomic E-state index is 13.9. The topological polar surface area (TPSA) is 54.9 Å². The molecular weight excluding hydrogens is 295 g/mol. The zero-order valence-electron chi connectivity index (χ0n) is 11.8. The minimum atomic E-state index is -0.713. The number of nitrogens with one attached hydrogen (secondary N) is 1. The van der Waals surface area contributed by atoms with E-state index in [-0.39, 0.29) is 10.7 Å². The largest absolute Gasteiger partial charge is 0.330 e. The van der Waals surface area contributed by atoms with E-state index < -0.39 is 23.1 Å². The molecule has 0 saturated carbocycles. The van der Waals surface area contributed by atoms with E-state index >= 15 is 0 Å². The first kappa shape index (κ1) is 15.5. The first-order valence-corrected chi connectivity index (χ1v) is 7.12. The zero-order valence-corrected chi connectivity index (χ0v) is 12.6. The third-order valence-electron chi connectivity index (χ3n) is 3.42. The van der Waals surface area contributed by atoms with Crippen LogP contribution in [0.4, 0.5) is 4.39 Å². The molecule has 0 aliphatic heterocycles. The molecule has 1 unspecified atom stereocenters. The van der Waals surface area contributed by atoms with Gasteiger partial charge in [-0.3, -0.25) is 14.3 Å². The highest BCUT2D eigenvalue weighted by Crippen LogP contribution is 2.19. The van der Waals surface area contributed by atoms with Crippen molar-refractivity contribution >= 4 is 11.6 Å². The summed E-state index contributed by atoms with van der Waals surface area (Å²) in [5.74, 6) is -0.455.